The number of carbonyl (C=O) groups excluding carboxylic acids is 1. The average Bonchev–Trinajstić information content (AvgIpc) is 3.21. The summed E-state index contributed by atoms with van der Waals surface area (Å²) in [6.07, 6.45) is 0. The van der Waals surface area contributed by atoms with E-state index in [-0.39, 0.29) is 27.8 Å². The van der Waals surface area contributed by atoms with Crippen LogP contribution < -0.4 is 10.1 Å². The Morgan fingerprint density at radius 3 is 2.49 bits per heavy atom. The molecule has 4 rings (SSSR count). The third-order valence-corrected chi connectivity index (χ3v) is 6.18. The molecule has 1 aromatic heterocycles. The van der Waals surface area contributed by atoms with Crippen molar-refractivity contribution in [2.75, 3.05) is 18.2 Å². The number of hydrogen-bond acceptors (Lipinski definition) is 8. The Bertz CT molecular complexity index is 1470. The fourth-order valence-electron chi connectivity index (χ4n) is 3.34. The van der Waals surface area contributed by atoms with Gasteiger partial charge in [-0.2, -0.15) is 0 Å². The SMILES string of the molecule is COc1ccccc1-n1c(SCC(=O)Nc2cc([N+](=O)[O-])ccc2Cl)nc2cc([N+](=O)[O-])ccc21. The van der Waals surface area contributed by atoms with E-state index in [9.17, 15) is 25.0 Å². The topological polar surface area (TPSA) is 142 Å². The number of ether oxygens (including phenoxy) is 1. The fourth-order valence-corrected chi connectivity index (χ4v) is 4.33. The van der Waals surface area contributed by atoms with Crippen LogP contribution in [-0.4, -0.2) is 38.2 Å². The van der Waals surface area contributed by atoms with E-state index in [1.165, 1.54) is 37.4 Å². The lowest BCUT2D eigenvalue weighted by Crippen LogP contribution is -2.15. The van der Waals surface area contributed by atoms with Gasteiger partial charge in [-0.05, 0) is 24.3 Å². The summed E-state index contributed by atoms with van der Waals surface area (Å²) in [5, 5.41) is 25.4. The second-order valence-electron chi connectivity index (χ2n) is 7.09. The first-order valence-corrected chi connectivity index (χ1v) is 11.3. The van der Waals surface area contributed by atoms with Gasteiger partial charge in [0.25, 0.3) is 11.4 Å². The molecular weight excluding hydrogens is 498 g/mol. The molecule has 0 fully saturated rings. The van der Waals surface area contributed by atoms with Crippen LogP contribution in [0, 0.1) is 20.2 Å². The van der Waals surface area contributed by atoms with Gasteiger partial charge in [0.1, 0.15) is 5.75 Å². The Labute approximate surface area is 207 Å². The predicted octanol–water partition coefficient (Wildman–Crippen LogP) is 5.23. The van der Waals surface area contributed by atoms with Gasteiger partial charge < -0.3 is 10.1 Å². The van der Waals surface area contributed by atoms with Crippen LogP contribution in [0.25, 0.3) is 16.7 Å². The summed E-state index contributed by atoms with van der Waals surface area (Å²) in [6.45, 7) is 0. The van der Waals surface area contributed by atoms with E-state index < -0.39 is 15.8 Å². The summed E-state index contributed by atoms with van der Waals surface area (Å²) in [7, 11) is 1.52. The molecule has 0 saturated heterocycles. The molecule has 178 valence electrons. The van der Waals surface area contributed by atoms with E-state index >= 15 is 0 Å². The van der Waals surface area contributed by atoms with Crippen LogP contribution in [0.3, 0.4) is 0 Å². The Kier molecular flexibility index (Phi) is 6.85. The average molecular weight is 514 g/mol. The Morgan fingerprint density at radius 2 is 1.77 bits per heavy atom. The van der Waals surface area contributed by atoms with E-state index in [1.54, 1.807) is 34.9 Å². The number of anilines is 1. The van der Waals surface area contributed by atoms with Crippen LogP contribution in [0.4, 0.5) is 17.1 Å². The minimum absolute atomic E-state index is 0.111. The number of halogens is 1. The van der Waals surface area contributed by atoms with Crippen molar-refractivity contribution >= 4 is 57.4 Å². The van der Waals surface area contributed by atoms with Gasteiger partial charge in [0.15, 0.2) is 5.16 Å². The van der Waals surface area contributed by atoms with Gasteiger partial charge >= 0.3 is 0 Å². The largest absolute Gasteiger partial charge is 0.495 e. The van der Waals surface area contributed by atoms with Crippen LogP contribution >= 0.6 is 23.4 Å². The molecule has 0 spiro atoms. The first kappa shape index (κ1) is 24.0. The number of benzene rings is 3. The quantitative estimate of drug-likeness (QED) is 0.191. The van der Waals surface area contributed by atoms with Crippen molar-refractivity contribution in [3.05, 3.63) is 85.9 Å². The first-order valence-electron chi connectivity index (χ1n) is 9.95. The maximum Gasteiger partial charge on any atom is 0.271 e. The summed E-state index contributed by atoms with van der Waals surface area (Å²) < 4.78 is 7.21. The molecule has 4 aromatic rings. The summed E-state index contributed by atoms with van der Waals surface area (Å²) in [5.41, 5.74) is 1.38. The second kappa shape index (κ2) is 9.99. The van der Waals surface area contributed by atoms with Gasteiger partial charge in [0.05, 0.1) is 50.1 Å². The van der Waals surface area contributed by atoms with Crippen LogP contribution in [0.15, 0.2) is 65.8 Å². The lowest BCUT2D eigenvalue weighted by atomic mass is 10.2. The van der Waals surface area contributed by atoms with Crippen molar-refractivity contribution in [1.82, 2.24) is 9.55 Å². The number of methoxy groups -OCH3 is 1. The van der Waals surface area contributed by atoms with Crippen molar-refractivity contribution in [2.45, 2.75) is 5.16 Å². The molecule has 1 N–H and O–H groups in total. The molecule has 0 aliphatic heterocycles. The number of nitro benzene ring substituents is 2. The number of non-ortho nitro benzene ring substituents is 2. The number of nitro groups is 2. The first-order chi connectivity index (χ1) is 16.8. The van der Waals surface area contributed by atoms with E-state index in [4.69, 9.17) is 16.3 Å². The van der Waals surface area contributed by atoms with Gasteiger partial charge in [-0.3, -0.25) is 29.6 Å². The van der Waals surface area contributed by atoms with Crippen LogP contribution in [0.5, 0.6) is 5.75 Å². The molecule has 3 aromatic carbocycles. The predicted molar refractivity (Wildman–Crippen MR) is 132 cm³/mol. The summed E-state index contributed by atoms with van der Waals surface area (Å²) in [5.74, 6) is -0.0404. The van der Waals surface area contributed by atoms with Gasteiger partial charge in [0.2, 0.25) is 5.91 Å². The number of amides is 1. The lowest BCUT2D eigenvalue weighted by molar-refractivity contribution is -0.384. The maximum atomic E-state index is 12.6. The monoisotopic (exact) mass is 513 g/mol. The molecule has 0 aliphatic rings. The molecule has 0 bridgehead atoms. The standard InChI is InChI=1S/C22H16ClN5O6S/c1-34-20-5-3-2-4-19(20)26-18-9-7-14(28(32)33)11-17(18)25-22(26)35-12-21(29)24-16-10-13(27(30)31)6-8-15(16)23/h2-11H,12H2,1H3,(H,24,29). The van der Waals surface area contributed by atoms with Gasteiger partial charge in [-0.25, -0.2) is 4.98 Å². The molecule has 11 nitrogen and oxygen atoms in total. The molecule has 0 atom stereocenters. The minimum Gasteiger partial charge on any atom is -0.495 e. The number of para-hydroxylation sites is 2. The number of imidazole rings is 1. The fraction of sp³-hybridized carbons (Fsp3) is 0.0909. The molecule has 0 saturated carbocycles. The van der Waals surface area contributed by atoms with E-state index in [0.717, 1.165) is 11.8 Å². The highest BCUT2D eigenvalue weighted by atomic mass is 35.5. The van der Waals surface area contributed by atoms with Crippen molar-refractivity contribution in [3.63, 3.8) is 0 Å². The Morgan fingerprint density at radius 1 is 1.09 bits per heavy atom. The smallest absolute Gasteiger partial charge is 0.271 e. The summed E-state index contributed by atoms with van der Waals surface area (Å²) in [4.78, 5) is 38.3. The number of nitrogens with zero attached hydrogens (tertiary/aromatic N) is 4. The number of fused-ring (bicyclic) bond motifs is 1. The van der Waals surface area contributed by atoms with Gasteiger partial charge in [-0.15, -0.1) is 0 Å². The molecule has 1 amide bonds. The van der Waals surface area contributed by atoms with Gasteiger partial charge in [0, 0.05) is 24.3 Å². The highest BCUT2D eigenvalue weighted by Crippen LogP contribution is 2.34. The molecule has 0 aliphatic carbocycles. The molecule has 0 unspecified atom stereocenters. The highest BCUT2D eigenvalue weighted by Gasteiger charge is 2.20. The van der Waals surface area contributed by atoms with Crippen molar-refractivity contribution in [1.29, 1.82) is 0 Å². The summed E-state index contributed by atoms with van der Waals surface area (Å²) in [6, 6.07) is 15.2. The number of hydrogen-bond donors (Lipinski definition) is 1. The zero-order valence-electron chi connectivity index (χ0n) is 18.0. The minimum atomic E-state index is -0.588. The van der Waals surface area contributed by atoms with E-state index in [1.807, 2.05) is 0 Å². The molecule has 13 heteroatoms. The molecule has 1 heterocycles. The Balaban J connectivity index is 1.67. The van der Waals surface area contributed by atoms with E-state index in [0.29, 0.717) is 27.6 Å². The molecule has 0 radical (unpaired) electrons. The number of carbonyl (C=O) groups is 1. The van der Waals surface area contributed by atoms with Gasteiger partial charge in [-0.1, -0.05) is 35.5 Å². The third-order valence-electron chi connectivity index (χ3n) is 4.91. The zero-order chi connectivity index (χ0) is 25.1. The molecule has 35 heavy (non-hydrogen) atoms. The van der Waals surface area contributed by atoms with Crippen molar-refractivity contribution in [2.24, 2.45) is 0 Å². The third kappa shape index (κ3) is 5.03. The number of rotatable bonds is 8. The second-order valence-corrected chi connectivity index (χ2v) is 8.44. The highest BCUT2D eigenvalue weighted by molar-refractivity contribution is 7.99. The Hall–Kier alpha value is -4.16. The summed E-state index contributed by atoms with van der Waals surface area (Å²) >= 11 is 7.15. The van der Waals surface area contributed by atoms with Crippen molar-refractivity contribution < 1.29 is 19.4 Å². The maximum absolute atomic E-state index is 12.6. The normalized spacial score (nSPS) is 10.8. The lowest BCUT2D eigenvalue weighted by Gasteiger charge is -2.13. The number of aromatic nitrogens is 2. The van der Waals surface area contributed by atoms with E-state index in [2.05, 4.69) is 10.3 Å². The van der Waals surface area contributed by atoms with Crippen LogP contribution in [-0.2, 0) is 4.79 Å². The number of thioether (sulfide) groups is 1. The van der Waals surface area contributed by atoms with Crippen molar-refractivity contribution in [3.8, 4) is 11.4 Å². The number of nitrogens with one attached hydrogen (secondary N) is 1. The van der Waals surface area contributed by atoms with Crippen LogP contribution in [0.1, 0.15) is 0 Å². The molecular formula is C22H16ClN5O6S. The van der Waals surface area contributed by atoms with Crippen LogP contribution in [0.2, 0.25) is 5.02 Å². The zero-order valence-corrected chi connectivity index (χ0v) is 19.6.